The Hall–Kier alpha value is -2.85. The lowest BCUT2D eigenvalue weighted by atomic mass is 10.1. The average molecular weight is 455 g/mol. The van der Waals surface area contributed by atoms with Crippen LogP contribution >= 0.6 is 22.6 Å². The molecule has 0 aliphatic heterocycles. The first-order valence-corrected chi connectivity index (χ1v) is 8.85. The molecule has 1 aromatic heterocycles. The fourth-order valence-electron chi connectivity index (χ4n) is 2.51. The number of furan rings is 1. The number of nitrogens with zero attached hydrogens (tertiary/aromatic N) is 1. The highest BCUT2D eigenvalue weighted by Crippen LogP contribution is 2.28. The first kappa shape index (κ1) is 18.0. The van der Waals surface area contributed by atoms with Crippen molar-refractivity contribution < 1.29 is 13.9 Å². The van der Waals surface area contributed by atoms with E-state index in [9.17, 15) is 10.1 Å². The molecular weight excluding hydrogens is 441 g/mol. The van der Waals surface area contributed by atoms with Crippen LogP contribution in [0.3, 0.4) is 0 Å². The van der Waals surface area contributed by atoms with E-state index in [-0.39, 0.29) is 0 Å². The number of hydrogen-bond acceptors (Lipinski definition) is 4. The number of halogens is 1. The van der Waals surface area contributed by atoms with Gasteiger partial charge in [0.1, 0.15) is 11.5 Å². The molecule has 0 radical (unpaired) electrons. The van der Waals surface area contributed by atoms with Gasteiger partial charge in [0, 0.05) is 9.13 Å². The zero-order chi connectivity index (χ0) is 18.5. The van der Waals surface area contributed by atoms with Gasteiger partial charge in [0.2, 0.25) is 0 Å². The molecule has 0 spiro atoms. The summed E-state index contributed by atoms with van der Waals surface area (Å²) in [5.41, 5.74) is 2.40. The van der Waals surface area contributed by atoms with Gasteiger partial charge in [-0.25, -0.2) is 4.79 Å². The van der Waals surface area contributed by atoms with Gasteiger partial charge in [-0.05, 0) is 64.6 Å². The molecule has 0 aliphatic carbocycles. The summed E-state index contributed by atoms with van der Waals surface area (Å²) in [6.45, 7) is 0. The summed E-state index contributed by atoms with van der Waals surface area (Å²) in [4.78, 5) is 11.9. The molecular formula is C21H14INO3. The Balaban J connectivity index is 1.97. The Morgan fingerprint density at radius 1 is 1.12 bits per heavy atom. The molecule has 1 heterocycles. The number of carbonyl (C=O) groups excluding carboxylic acids is 1. The van der Waals surface area contributed by atoms with E-state index < -0.39 is 5.97 Å². The van der Waals surface area contributed by atoms with Gasteiger partial charge in [0.05, 0.1) is 24.3 Å². The van der Waals surface area contributed by atoms with E-state index in [1.807, 2.05) is 30.3 Å². The fraction of sp³-hybridized carbons (Fsp3) is 0.0476. The minimum atomic E-state index is -0.425. The van der Waals surface area contributed by atoms with Crippen molar-refractivity contribution in [3.05, 3.63) is 81.1 Å². The number of hydrogen-bond donors (Lipinski definition) is 0. The summed E-state index contributed by atoms with van der Waals surface area (Å²) in [5.74, 6) is 0.651. The molecule has 0 N–H and O–H groups in total. The Morgan fingerprint density at radius 2 is 1.85 bits per heavy atom. The normalized spacial score (nSPS) is 11.0. The van der Waals surface area contributed by atoms with Crippen molar-refractivity contribution in [1.29, 1.82) is 5.26 Å². The highest BCUT2D eigenvalue weighted by Gasteiger charge is 2.15. The van der Waals surface area contributed by atoms with Crippen molar-refractivity contribution in [3.63, 3.8) is 0 Å². The Labute approximate surface area is 164 Å². The second kappa shape index (κ2) is 8.02. The number of carbonyl (C=O) groups is 1. The van der Waals surface area contributed by atoms with Crippen LogP contribution in [0.4, 0.5) is 0 Å². The minimum absolute atomic E-state index is 0.425. The lowest BCUT2D eigenvalue weighted by Crippen LogP contribution is -2.02. The van der Waals surface area contributed by atoms with Crippen molar-refractivity contribution in [2.75, 3.05) is 7.11 Å². The van der Waals surface area contributed by atoms with Gasteiger partial charge in [0.25, 0.3) is 0 Å². The Morgan fingerprint density at radius 3 is 2.54 bits per heavy atom. The van der Waals surface area contributed by atoms with Gasteiger partial charge in [0.15, 0.2) is 0 Å². The second-order valence-corrected chi connectivity index (χ2v) is 6.66. The van der Waals surface area contributed by atoms with Crippen LogP contribution in [0, 0.1) is 14.9 Å². The van der Waals surface area contributed by atoms with E-state index in [1.54, 1.807) is 36.4 Å². The summed E-state index contributed by atoms with van der Waals surface area (Å²) >= 11 is 2.22. The van der Waals surface area contributed by atoms with E-state index in [2.05, 4.69) is 28.7 Å². The molecule has 0 bridgehead atoms. The Kier molecular flexibility index (Phi) is 5.54. The van der Waals surface area contributed by atoms with Gasteiger partial charge in [-0.1, -0.05) is 30.3 Å². The molecule has 2 aromatic carbocycles. The van der Waals surface area contributed by atoms with Crippen LogP contribution < -0.4 is 0 Å². The van der Waals surface area contributed by atoms with Crippen LogP contribution in [0.25, 0.3) is 23.0 Å². The molecule has 0 saturated carbocycles. The van der Waals surface area contributed by atoms with Gasteiger partial charge in [-0.15, -0.1) is 0 Å². The first-order chi connectivity index (χ1) is 12.6. The minimum Gasteiger partial charge on any atom is -0.465 e. The lowest BCUT2D eigenvalue weighted by Gasteiger charge is -2.04. The monoisotopic (exact) mass is 455 g/mol. The topological polar surface area (TPSA) is 63.2 Å². The maximum absolute atomic E-state index is 11.9. The molecule has 26 heavy (non-hydrogen) atoms. The standard InChI is InChI=1S/C21H14INO3/c1-25-21(24)19-5-3-2-4-18(19)20-11-10-17(26-20)12-15(13-23)14-6-8-16(22)9-7-14/h2-12H,1H3/b15-12-. The average Bonchev–Trinajstić information content (AvgIpc) is 3.15. The maximum atomic E-state index is 11.9. The predicted octanol–water partition coefficient (Wildman–Crippen LogP) is 5.40. The number of benzene rings is 2. The summed E-state index contributed by atoms with van der Waals surface area (Å²) < 4.78 is 11.8. The molecule has 128 valence electrons. The Bertz CT molecular complexity index is 1010. The molecule has 4 nitrogen and oxygen atoms in total. The van der Waals surface area contributed by atoms with E-state index >= 15 is 0 Å². The molecule has 0 atom stereocenters. The van der Waals surface area contributed by atoms with Crippen LogP contribution in [0.2, 0.25) is 0 Å². The van der Waals surface area contributed by atoms with Gasteiger partial charge in [-0.2, -0.15) is 5.26 Å². The highest BCUT2D eigenvalue weighted by molar-refractivity contribution is 14.1. The van der Waals surface area contributed by atoms with Crippen molar-refractivity contribution >= 4 is 40.2 Å². The zero-order valence-corrected chi connectivity index (χ0v) is 16.1. The SMILES string of the molecule is COC(=O)c1ccccc1-c1ccc(/C=C(/C#N)c2ccc(I)cc2)o1. The molecule has 0 amide bonds. The second-order valence-electron chi connectivity index (χ2n) is 5.42. The third-order valence-electron chi connectivity index (χ3n) is 3.79. The molecule has 0 unspecified atom stereocenters. The zero-order valence-electron chi connectivity index (χ0n) is 13.9. The van der Waals surface area contributed by atoms with Crippen LogP contribution in [-0.2, 0) is 4.74 Å². The van der Waals surface area contributed by atoms with Crippen molar-refractivity contribution in [2.45, 2.75) is 0 Å². The van der Waals surface area contributed by atoms with Gasteiger partial charge in [-0.3, -0.25) is 0 Å². The quantitative estimate of drug-likeness (QED) is 0.300. The largest absolute Gasteiger partial charge is 0.465 e. The third-order valence-corrected chi connectivity index (χ3v) is 4.51. The van der Waals surface area contributed by atoms with Gasteiger partial charge < -0.3 is 9.15 Å². The van der Waals surface area contributed by atoms with Crippen LogP contribution in [0.1, 0.15) is 21.7 Å². The van der Waals surface area contributed by atoms with Gasteiger partial charge >= 0.3 is 5.97 Å². The fourth-order valence-corrected chi connectivity index (χ4v) is 2.87. The van der Waals surface area contributed by atoms with Crippen LogP contribution in [0.15, 0.2) is 65.1 Å². The van der Waals surface area contributed by atoms with Crippen molar-refractivity contribution in [3.8, 4) is 17.4 Å². The smallest absolute Gasteiger partial charge is 0.338 e. The number of nitriles is 1. The number of rotatable bonds is 4. The van der Waals surface area contributed by atoms with E-state index in [4.69, 9.17) is 9.15 Å². The third kappa shape index (κ3) is 3.86. The molecule has 0 fully saturated rings. The predicted molar refractivity (Wildman–Crippen MR) is 108 cm³/mol. The highest BCUT2D eigenvalue weighted by atomic mass is 127. The summed E-state index contributed by atoms with van der Waals surface area (Å²) in [5, 5.41) is 9.46. The number of ether oxygens (including phenoxy) is 1. The summed E-state index contributed by atoms with van der Waals surface area (Å²) in [6.07, 6.45) is 1.69. The summed E-state index contributed by atoms with van der Waals surface area (Å²) in [6, 6.07) is 20.5. The van der Waals surface area contributed by atoms with Crippen LogP contribution in [-0.4, -0.2) is 13.1 Å². The van der Waals surface area contributed by atoms with E-state index in [0.717, 1.165) is 9.13 Å². The van der Waals surface area contributed by atoms with Crippen molar-refractivity contribution in [1.82, 2.24) is 0 Å². The maximum Gasteiger partial charge on any atom is 0.338 e. The summed E-state index contributed by atoms with van der Waals surface area (Å²) in [7, 11) is 1.34. The number of methoxy groups -OCH3 is 1. The van der Waals surface area contributed by atoms with E-state index in [1.165, 1.54) is 7.11 Å². The molecule has 3 aromatic rings. The first-order valence-electron chi connectivity index (χ1n) is 7.77. The molecule has 5 heteroatoms. The number of esters is 1. The van der Waals surface area contributed by atoms with Crippen molar-refractivity contribution in [2.24, 2.45) is 0 Å². The lowest BCUT2D eigenvalue weighted by molar-refractivity contribution is 0.0601. The van der Waals surface area contributed by atoms with Crippen LogP contribution in [0.5, 0.6) is 0 Å². The number of allylic oxidation sites excluding steroid dienone is 1. The molecule has 0 aliphatic rings. The molecule has 3 rings (SSSR count). The molecule has 0 saturated heterocycles. The van der Waals surface area contributed by atoms with E-state index in [0.29, 0.717) is 28.2 Å².